The van der Waals surface area contributed by atoms with Crippen molar-refractivity contribution in [2.75, 3.05) is 13.6 Å². The molecule has 0 aliphatic carbocycles. The largest absolute Gasteiger partial charge is 0.304 e. The second-order valence-electron chi connectivity index (χ2n) is 6.42. The van der Waals surface area contributed by atoms with E-state index in [0.29, 0.717) is 11.5 Å². The lowest BCUT2D eigenvalue weighted by Gasteiger charge is -2.29. The number of nitrogens with zero attached hydrogens (tertiary/aromatic N) is 1. The molecule has 92 valence electrons. The molecular formula is C14H31N. The second-order valence-corrected chi connectivity index (χ2v) is 6.42. The third-order valence-electron chi connectivity index (χ3n) is 3.42. The summed E-state index contributed by atoms with van der Waals surface area (Å²) in [6.45, 7) is 15.2. The highest BCUT2D eigenvalue weighted by Crippen LogP contribution is 2.28. The van der Waals surface area contributed by atoms with Crippen LogP contribution in [0, 0.1) is 11.3 Å². The van der Waals surface area contributed by atoms with Crippen LogP contribution in [0.5, 0.6) is 0 Å². The van der Waals surface area contributed by atoms with E-state index in [0.717, 1.165) is 5.92 Å². The van der Waals surface area contributed by atoms with Crippen LogP contribution in [-0.2, 0) is 0 Å². The molecule has 0 fully saturated rings. The molecule has 0 amide bonds. The minimum Gasteiger partial charge on any atom is -0.304 e. The fourth-order valence-corrected chi connectivity index (χ4v) is 1.54. The summed E-state index contributed by atoms with van der Waals surface area (Å²) in [7, 11) is 2.23. The molecule has 0 rings (SSSR count). The van der Waals surface area contributed by atoms with Crippen LogP contribution in [0.4, 0.5) is 0 Å². The van der Waals surface area contributed by atoms with Crippen LogP contribution in [0.3, 0.4) is 0 Å². The maximum Gasteiger partial charge on any atom is 0.00355 e. The monoisotopic (exact) mass is 213 g/mol. The van der Waals surface area contributed by atoms with Gasteiger partial charge in [0.05, 0.1) is 0 Å². The highest BCUT2D eigenvalue weighted by Gasteiger charge is 2.19. The van der Waals surface area contributed by atoms with Crippen LogP contribution < -0.4 is 0 Å². The Morgan fingerprint density at radius 2 is 1.53 bits per heavy atom. The Morgan fingerprint density at radius 3 is 1.93 bits per heavy atom. The molecule has 0 aromatic carbocycles. The minimum absolute atomic E-state index is 0.507. The van der Waals surface area contributed by atoms with Crippen LogP contribution in [0.25, 0.3) is 0 Å². The molecule has 0 N–H and O–H groups in total. The summed E-state index contributed by atoms with van der Waals surface area (Å²) in [5.74, 6) is 0.840. The second kappa shape index (κ2) is 6.52. The fourth-order valence-electron chi connectivity index (χ4n) is 1.54. The predicted octanol–water partition coefficient (Wildman–Crippen LogP) is 4.18. The van der Waals surface area contributed by atoms with E-state index in [-0.39, 0.29) is 0 Å². The van der Waals surface area contributed by atoms with E-state index < -0.39 is 0 Å². The Labute approximate surface area is 97.2 Å². The number of hydrogen-bond donors (Lipinski definition) is 0. The molecule has 0 aliphatic rings. The van der Waals surface area contributed by atoms with E-state index in [1.807, 2.05) is 0 Å². The first-order valence-corrected chi connectivity index (χ1v) is 6.45. The third-order valence-corrected chi connectivity index (χ3v) is 3.42. The van der Waals surface area contributed by atoms with Crippen molar-refractivity contribution in [3.8, 4) is 0 Å². The van der Waals surface area contributed by atoms with Gasteiger partial charge in [0.1, 0.15) is 0 Å². The molecule has 0 heterocycles. The first-order valence-electron chi connectivity index (χ1n) is 6.45. The molecule has 0 atom stereocenters. The lowest BCUT2D eigenvalue weighted by Crippen LogP contribution is -2.30. The Balaban J connectivity index is 3.82. The van der Waals surface area contributed by atoms with Gasteiger partial charge in [0.15, 0.2) is 0 Å². The van der Waals surface area contributed by atoms with E-state index in [2.05, 4.69) is 53.5 Å². The van der Waals surface area contributed by atoms with Crippen molar-refractivity contribution >= 4 is 0 Å². The van der Waals surface area contributed by atoms with Gasteiger partial charge >= 0.3 is 0 Å². The lowest BCUT2D eigenvalue weighted by molar-refractivity contribution is 0.201. The summed E-state index contributed by atoms with van der Waals surface area (Å²) in [4.78, 5) is 2.44. The number of hydrogen-bond acceptors (Lipinski definition) is 1. The van der Waals surface area contributed by atoms with Gasteiger partial charge in [-0.1, -0.05) is 34.1 Å². The lowest BCUT2D eigenvalue weighted by atomic mass is 9.82. The highest BCUT2D eigenvalue weighted by atomic mass is 15.1. The molecule has 0 unspecified atom stereocenters. The van der Waals surface area contributed by atoms with Gasteiger partial charge in [0, 0.05) is 6.04 Å². The average Bonchev–Trinajstić information content (AvgIpc) is 2.11. The zero-order valence-corrected chi connectivity index (χ0v) is 11.9. The van der Waals surface area contributed by atoms with E-state index >= 15 is 0 Å². The van der Waals surface area contributed by atoms with Crippen LogP contribution in [0.1, 0.15) is 60.8 Å². The quantitative estimate of drug-likeness (QED) is 0.613. The van der Waals surface area contributed by atoms with Crippen LogP contribution in [-0.4, -0.2) is 24.5 Å². The third kappa shape index (κ3) is 7.84. The van der Waals surface area contributed by atoms with Crippen LogP contribution >= 0.6 is 0 Å². The first kappa shape index (κ1) is 15.0. The first-order chi connectivity index (χ1) is 6.74. The van der Waals surface area contributed by atoms with Crippen LogP contribution in [0.2, 0.25) is 0 Å². The Hall–Kier alpha value is -0.0400. The molecule has 1 heteroatoms. The van der Waals surface area contributed by atoms with Crippen molar-refractivity contribution in [2.45, 2.75) is 66.8 Å². The SMILES string of the molecule is CC(C)CCC(C)(C)CCN(C)C(C)C. The fraction of sp³-hybridized carbons (Fsp3) is 1.00. The summed E-state index contributed by atoms with van der Waals surface area (Å²) in [6.07, 6.45) is 4.03. The molecule has 0 aromatic heterocycles. The van der Waals surface area contributed by atoms with Crippen molar-refractivity contribution < 1.29 is 0 Å². The molecule has 0 radical (unpaired) electrons. The molecule has 0 spiro atoms. The summed E-state index contributed by atoms with van der Waals surface area (Å²) in [5, 5.41) is 0. The standard InChI is InChI=1S/C14H31N/c1-12(2)8-9-14(5,6)10-11-15(7)13(3)4/h12-13H,8-11H2,1-7H3. The summed E-state index contributed by atoms with van der Waals surface area (Å²) >= 11 is 0. The smallest absolute Gasteiger partial charge is 0.00355 e. The van der Waals surface area contributed by atoms with Gasteiger partial charge < -0.3 is 4.90 Å². The van der Waals surface area contributed by atoms with Crippen molar-refractivity contribution in [2.24, 2.45) is 11.3 Å². The average molecular weight is 213 g/mol. The van der Waals surface area contributed by atoms with Gasteiger partial charge in [-0.25, -0.2) is 0 Å². The van der Waals surface area contributed by atoms with E-state index in [1.165, 1.54) is 25.8 Å². The molecular weight excluding hydrogens is 182 g/mol. The van der Waals surface area contributed by atoms with E-state index in [9.17, 15) is 0 Å². The van der Waals surface area contributed by atoms with Crippen molar-refractivity contribution in [3.63, 3.8) is 0 Å². The van der Waals surface area contributed by atoms with Gasteiger partial charge in [-0.3, -0.25) is 0 Å². The molecule has 0 aliphatic heterocycles. The highest BCUT2D eigenvalue weighted by molar-refractivity contribution is 4.72. The molecule has 0 saturated heterocycles. The minimum atomic E-state index is 0.507. The van der Waals surface area contributed by atoms with E-state index in [4.69, 9.17) is 0 Å². The molecule has 1 nitrogen and oxygen atoms in total. The Bertz CT molecular complexity index is 159. The van der Waals surface area contributed by atoms with Crippen molar-refractivity contribution in [1.29, 1.82) is 0 Å². The summed E-state index contributed by atoms with van der Waals surface area (Å²) in [6, 6.07) is 0.672. The van der Waals surface area contributed by atoms with Crippen molar-refractivity contribution in [3.05, 3.63) is 0 Å². The number of rotatable bonds is 7. The predicted molar refractivity (Wildman–Crippen MR) is 70.2 cm³/mol. The maximum absolute atomic E-state index is 2.44. The topological polar surface area (TPSA) is 3.24 Å². The molecule has 15 heavy (non-hydrogen) atoms. The van der Waals surface area contributed by atoms with Gasteiger partial charge in [0.25, 0.3) is 0 Å². The van der Waals surface area contributed by atoms with Gasteiger partial charge in [0.2, 0.25) is 0 Å². The Morgan fingerprint density at radius 1 is 1.00 bits per heavy atom. The van der Waals surface area contributed by atoms with Crippen LogP contribution in [0.15, 0.2) is 0 Å². The summed E-state index contributed by atoms with van der Waals surface area (Å²) in [5.41, 5.74) is 0.507. The molecule has 0 bridgehead atoms. The Kier molecular flexibility index (Phi) is 6.51. The zero-order valence-electron chi connectivity index (χ0n) is 11.9. The van der Waals surface area contributed by atoms with Gasteiger partial charge in [-0.05, 0) is 51.6 Å². The van der Waals surface area contributed by atoms with Gasteiger partial charge in [-0.15, -0.1) is 0 Å². The normalized spacial score (nSPS) is 13.2. The molecule has 0 aromatic rings. The zero-order chi connectivity index (χ0) is 12.1. The van der Waals surface area contributed by atoms with Crippen molar-refractivity contribution in [1.82, 2.24) is 4.90 Å². The maximum atomic E-state index is 2.44. The van der Waals surface area contributed by atoms with E-state index in [1.54, 1.807) is 0 Å². The molecule has 0 saturated carbocycles. The summed E-state index contributed by atoms with van der Waals surface area (Å²) < 4.78 is 0. The van der Waals surface area contributed by atoms with Gasteiger partial charge in [-0.2, -0.15) is 0 Å².